The average molecular weight is 295 g/mol. The lowest BCUT2D eigenvalue weighted by Gasteiger charge is -2.49. The van der Waals surface area contributed by atoms with Gasteiger partial charge < -0.3 is 5.11 Å². The molecule has 5 heteroatoms. The molecular weight excluding hydrogens is 270 g/mol. The molecule has 118 valence electrons. The van der Waals surface area contributed by atoms with Gasteiger partial charge in [-0.2, -0.15) is 0 Å². The fourth-order valence-electron chi connectivity index (χ4n) is 3.87. The molecule has 2 rings (SSSR count). The molecule has 2 fully saturated rings. The van der Waals surface area contributed by atoms with Gasteiger partial charge in [-0.25, -0.2) is 0 Å². The minimum Gasteiger partial charge on any atom is -0.481 e. The van der Waals surface area contributed by atoms with Gasteiger partial charge in [-0.15, -0.1) is 0 Å². The second-order valence-electron chi connectivity index (χ2n) is 7.01. The average Bonchev–Trinajstić information content (AvgIpc) is 2.54. The second kappa shape index (κ2) is 5.78. The Morgan fingerprint density at radius 3 is 2.14 bits per heavy atom. The van der Waals surface area contributed by atoms with E-state index in [1.165, 1.54) is 4.90 Å². The van der Waals surface area contributed by atoms with Gasteiger partial charge in [0.15, 0.2) is 0 Å². The van der Waals surface area contributed by atoms with E-state index in [1.807, 2.05) is 20.8 Å². The van der Waals surface area contributed by atoms with E-state index in [9.17, 15) is 19.5 Å². The Bertz CT molecular complexity index is 439. The maximum Gasteiger partial charge on any atom is 0.307 e. The molecule has 0 aromatic rings. The summed E-state index contributed by atoms with van der Waals surface area (Å²) in [5.74, 6) is -1.38. The fourth-order valence-corrected chi connectivity index (χ4v) is 3.87. The number of rotatable bonds is 2. The van der Waals surface area contributed by atoms with Crippen molar-refractivity contribution in [1.82, 2.24) is 4.90 Å². The predicted octanol–water partition coefficient (Wildman–Crippen LogP) is 2.44. The van der Waals surface area contributed by atoms with E-state index in [2.05, 4.69) is 0 Å². The fraction of sp³-hybridized carbons (Fsp3) is 0.812. The van der Waals surface area contributed by atoms with Crippen LogP contribution in [0, 0.1) is 17.3 Å². The maximum atomic E-state index is 12.3. The van der Waals surface area contributed by atoms with E-state index >= 15 is 0 Å². The lowest BCUT2D eigenvalue weighted by Crippen LogP contribution is -2.55. The Morgan fingerprint density at radius 1 is 1.14 bits per heavy atom. The summed E-state index contributed by atoms with van der Waals surface area (Å²) < 4.78 is 0. The number of carboxylic acids is 1. The van der Waals surface area contributed by atoms with Crippen LogP contribution in [0.5, 0.6) is 0 Å². The number of carbonyl (C=O) groups excluding carboxylic acids is 2. The molecule has 2 aliphatic rings. The molecule has 0 spiro atoms. The summed E-state index contributed by atoms with van der Waals surface area (Å²) in [6.45, 7) is 5.86. The Hall–Kier alpha value is -1.39. The highest BCUT2D eigenvalue weighted by molar-refractivity contribution is 5.96. The van der Waals surface area contributed by atoms with Crippen molar-refractivity contribution < 1.29 is 19.5 Å². The van der Waals surface area contributed by atoms with Crippen molar-refractivity contribution in [2.45, 2.75) is 65.3 Å². The van der Waals surface area contributed by atoms with Crippen LogP contribution in [0.25, 0.3) is 0 Å². The molecule has 0 aromatic carbocycles. The van der Waals surface area contributed by atoms with Crippen LogP contribution in [0.3, 0.4) is 0 Å². The monoisotopic (exact) mass is 295 g/mol. The largest absolute Gasteiger partial charge is 0.481 e. The first-order valence-corrected chi connectivity index (χ1v) is 7.84. The third kappa shape index (κ3) is 2.83. The molecule has 0 bridgehead atoms. The van der Waals surface area contributed by atoms with E-state index in [4.69, 9.17) is 0 Å². The quantitative estimate of drug-likeness (QED) is 0.794. The topological polar surface area (TPSA) is 74.7 Å². The highest BCUT2D eigenvalue weighted by Crippen LogP contribution is 2.47. The van der Waals surface area contributed by atoms with Crippen LogP contribution in [0.2, 0.25) is 0 Å². The third-order valence-corrected chi connectivity index (χ3v) is 5.60. The number of hydrogen-bond acceptors (Lipinski definition) is 3. The van der Waals surface area contributed by atoms with Gasteiger partial charge in [0, 0.05) is 18.9 Å². The first-order chi connectivity index (χ1) is 9.76. The molecule has 2 amide bonds. The number of carboxylic acid groups (broad SMARTS) is 1. The van der Waals surface area contributed by atoms with Gasteiger partial charge in [0.05, 0.1) is 5.92 Å². The van der Waals surface area contributed by atoms with Gasteiger partial charge in [0.1, 0.15) is 0 Å². The van der Waals surface area contributed by atoms with E-state index in [0.29, 0.717) is 25.7 Å². The number of likely N-dealkylation sites (tertiary alicyclic amines) is 1. The Morgan fingerprint density at radius 2 is 1.67 bits per heavy atom. The molecule has 3 unspecified atom stereocenters. The zero-order chi connectivity index (χ0) is 15.8. The SMILES string of the molecule is CC1C(N2C(=O)CCCCC2=O)CCC(C(=O)O)C1(C)C. The number of carbonyl (C=O) groups is 3. The Labute approximate surface area is 125 Å². The van der Waals surface area contributed by atoms with Crippen molar-refractivity contribution in [3.05, 3.63) is 0 Å². The highest BCUT2D eigenvalue weighted by atomic mass is 16.4. The number of nitrogens with zero attached hydrogens (tertiary/aromatic N) is 1. The molecule has 0 aromatic heterocycles. The number of aliphatic carboxylic acids is 1. The summed E-state index contributed by atoms with van der Waals surface area (Å²) in [6.07, 6.45) is 3.51. The summed E-state index contributed by atoms with van der Waals surface area (Å²) in [4.78, 5) is 37.5. The van der Waals surface area contributed by atoms with E-state index in [1.54, 1.807) is 0 Å². The lowest BCUT2D eigenvalue weighted by atomic mass is 9.60. The molecule has 21 heavy (non-hydrogen) atoms. The lowest BCUT2D eigenvalue weighted by molar-refractivity contribution is -0.157. The van der Waals surface area contributed by atoms with E-state index < -0.39 is 17.3 Å². The van der Waals surface area contributed by atoms with Gasteiger partial charge >= 0.3 is 5.97 Å². The maximum absolute atomic E-state index is 12.3. The Kier molecular flexibility index (Phi) is 4.40. The van der Waals surface area contributed by atoms with Crippen LogP contribution in [0.15, 0.2) is 0 Å². The first kappa shape index (κ1) is 16.0. The molecule has 1 aliphatic heterocycles. The summed E-state index contributed by atoms with van der Waals surface area (Å²) in [7, 11) is 0. The van der Waals surface area contributed by atoms with Gasteiger partial charge in [0.25, 0.3) is 0 Å². The number of imide groups is 1. The van der Waals surface area contributed by atoms with Crippen molar-refractivity contribution in [2.75, 3.05) is 0 Å². The second-order valence-corrected chi connectivity index (χ2v) is 7.01. The zero-order valence-electron chi connectivity index (χ0n) is 13.1. The molecule has 3 atom stereocenters. The summed E-state index contributed by atoms with van der Waals surface area (Å²) >= 11 is 0. The predicted molar refractivity (Wildman–Crippen MR) is 77.4 cm³/mol. The summed E-state index contributed by atoms with van der Waals surface area (Å²) in [5.41, 5.74) is -0.429. The van der Waals surface area contributed by atoms with Crippen LogP contribution in [0.1, 0.15) is 59.3 Å². The molecular formula is C16H25NO4. The van der Waals surface area contributed by atoms with Gasteiger partial charge in [-0.1, -0.05) is 20.8 Å². The first-order valence-electron chi connectivity index (χ1n) is 7.84. The molecule has 1 saturated carbocycles. The molecule has 1 aliphatic carbocycles. The molecule has 0 radical (unpaired) electrons. The van der Waals surface area contributed by atoms with Crippen molar-refractivity contribution in [1.29, 1.82) is 0 Å². The number of amides is 2. The summed E-state index contributed by atoms with van der Waals surface area (Å²) in [5, 5.41) is 9.39. The molecule has 1 saturated heterocycles. The minimum atomic E-state index is -0.779. The van der Waals surface area contributed by atoms with Crippen molar-refractivity contribution in [2.24, 2.45) is 17.3 Å². The van der Waals surface area contributed by atoms with Crippen molar-refractivity contribution >= 4 is 17.8 Å². The van der Waals surface area contributed by atoms with Crippen molar-refractivity contribution in [3.63, 3.8) is 0 Å². The standard InChI is InChI=1S/C16H25NO4/c1-10-12(9-8-11(15(20)21)16(10,2)3)17-13(18)6-4-5-7-14(17)19/h10-12H,4-9H2,1-3H3,(H,20,21). The van der Waals surface area contributed by atoms with Gasteiger partial charge in [-0.05, 0) is 37.0 Å². The molecule has 1 heterocycles. The smallest absolute Gasteiger partial charge is 0.307 e. The van der Waals surface area contributed by atoms with Crippen LogP contribution < -0.4 is 0 Å². The van der Waals surface area contributed by atoms with E-state index in [-0.39, 0.29) is 23.8 Å². The zero-order valence-corrected chi connectivity index (χ0v) is 13.1. The molecule has 1 N–H and O–H groups in total. The van der Waals surface area contributed by atoms with Crippen LogP contribution in [-0.4, -0.2) is 33.8 Å². The van der Waals surface area contributed by atoms with E-state index in [0.717, 1.165) is 12.8 Å². The van der Waals surface area contributed by atoms with Gasteiger partial charge in [0.2, 0.25) is 11.8 Å². The van der Waals surface area contributed by atoms with Gasteiger partial charge in [-0.3, -0.25) is 19.3 Å². The van der Waals surface area contributed by atoms with Crippen molar-refractivity contribution in [3.8, 4) is 0 Å². The number of hydrogen-bond donors (Lipinski definition) is 1. The normalized spacial score (nSPS) is 33.7. The molecule has 5 nitrogen and oxygen atoms in total. The summed E-state index contributed by atoms with van der Waals surface area (Å²) in [6, 6.07) is -0.159. The van der Waals surface area contributed by atoms with Crippen LogP contribution in [0.4, 0.5) is 0 Å². The van der Waals surface area contributed by atoms with Crippen LogP contribution in [-0.2, 0) is 14.4 Å². The third-order valence-electron chi connectivity index (χ3n) is 5.60. The van der Waals surface area contributed by atoms with Crippen LogP contribution >= 0.6 is 0 Å². The Balaban J connectivity index is 2.26. The minimum absolute atomic E-state index is 0.0154. The highest BCUT2D eigenvalue weighted by Gasteiger charge is 2.49.